The van der Waals surface area contributed by atoms with Crippen LogP contribution in [-0.2, 0) is 11.3 Å². The first-order valence-electron chi connectivity index (χ1n) is 6.92. The van der Waals surface area contributed by atoms with Gasteiger partial charge in [-0.25, -0.2) is 14.2 Å². The molecule has 0 aliphatic rings. The lowest BCUT2D eigenvalue weighted by Crippen LogP contribution is -2.32. The van der Waals surface area contributed by atoms with Gasteiger partial charge in [0.1, 0.15) is 11.4 Å². The Morgan fingerprint density at radius 3 is 2.68 bits per heavy atom. The van der Waals surface area contributed by atoms with Crippen LogP contribution in [0.4, 0.5) is 9.18 Å². The fourth-order valence-electron chi connectivity index (χ4n) is 1.89. The van der Waals surface area contributed by atoms with Gasteiger partial charge >= 0.3 is 6.09 Å². The molecular weight excluding hydrogens is 303 g/mol. The molecule has 0 aliphatic heterocycles. The number of rotatable bonds is 3. The van der Waals surface area contributed by atoms with E-state index in [1.807, 2.05) is 13.0 Å². The van der Waals surface area contributed by atoms with Crippen molar-refractivity contribution < 1.29 is 13.9 Å². The average molecular weight is 322 g/mol. The molecule has 0 fully saturated rings. The van der Waals surface area contributed by atoms with Crippen molar-refractivity contribution in [3.8, 4) is 10.4 Å². The second-order valence-corrected chi connectivity index (χ2v) is 6.78. The highest BCUT2D eigenvalue weighted by Gasteiger charge is 2.16. The molecule has 0 atom stereocenters. The third-order valence-electron chi connectivity index (χ3n) is 2.88. The summed E-state index contributed by atoms with van der Waals surface area (Å²) in [5.74, 6) is -0.360. The van der Waals surface area contributed by atoms with Crippen molar-refractivity contribution >= 4 is 17.4 Å². The van der Waals surface area contributed by atoms with Crippen LogP contribution in [0.5, 0.6) is 0 Å². The van der Waals surface area contributed by atoms with Gasteiger partial charge in [0.05, 0.1) is 16.1 Å². The summed E-state index contributed by atoms with van der Waals surface area (Å²) in [5.41, 5.74) is 3.25. The number of benzene rings is 1. The summed E-state index contributed by atoms with van der Waals surface area (Å²) in [7, 11) is 0. The Kier molecular flexibility index (Phi) is 4.81. The Morgan fingerprint density at radius 1 is 1.41 bits per heavy atom. The van der Waals surface area contributed by atoms with E-state index < -0.39 is 11.7 Å². The zero-order valence-electron chi connectivity index (χ0n) is 13.1. The number of nitrogens with one attached hydrogen (secondary N) is 1. The van der Waals surface area contributed by atoms with Gasteiger partial charge in [-0.2, -0.15) is 0 Å². The van der Waals surface area contributed by atoms with Crippen molar-refractivity contribution in [1.29, 1.82) is 0 Å². The van der Waals surface area contributed by atoms with Crippen molar-refractivity contribution in [1.82, 2.24) is 10.3 Å². The minimum absolute atomic E-state index is 0.0860. The van der Waals surface area contributed by atoms with Gasteiger partial charge in [-0.15, -0.1) is 11.3 Å². The van der Waals surface area contributed by atoms with Crippen molar-refractivity contribution in [2.45, 2.75) is 39.8 Å². The summed E-state index contributed by atoms with van der Waals surface area (Å²) in [5, 5.41) is 2.55. The molecule has 0 spiro atoms. The smallest absolute Gasteiger partial charge is 0.407 e. The minimum atomic E-state index is -0.573. The first-order chi connectivity index (χ1) is 10.3. The Morgan fingerprint density at radius 2 is 2.14 bits per heavy atom. The van der Waals surface area contributed by atoms with Gasteiger partial charge in [-0.05, 0) is 39.3 Å². The Labute approximate surface area is 133 Å². The number of aryl methyl sites for hydroxylation is 1. The molecule has 1 aromatic heterocycles. The summed E-state index contributed by atoms with van der Waals surface area (Å²) >= 11 is 1.47. The van der Waals surface area contributed by atoms with E-state index in [9.17, 15) is 9.18 Å². The molecule has 0 aliphatic carbocycles. The highest BCUT2D eigenvalue weighted by atomic mass is 32.1. The monoisotopic (exact) mass is 322 g/mol. The predicted octanol–water partition coefficient (Wildman–Crippen LogP) is 4.28. The summed E-state index contributed by atoms with van der Waals surface area (Å²) in [6.45, 7) is 7.31. The quantitative estimate of drug-likeness (QED) is 0.917. The molecule has 0 saturated heterocycles. The molecular formula is C16H19FN2O2S. The van der Waals surface area contributed by atoms with Crippen molar-refractivity contribution in [3.63, 3.8) is 0 Å². The maximum Gasteiger partial charge on any atom is 0.407 e. The van der Waals surface area contributed by atoms with Crippen LogP contribution in [0, 0.1) is 12.7 Å². The van der Waals surface area contributed by atoms with E-state index in [1.54, 1.807) is 32.3 Å². The molecule has 2 aromatic rings. The fraction of sp³-hybridized carbons (Fsp3) is 0.375. The molecule has 1 heterocycles. The van der Waals surface area contributed by atoms with Gasteiger partial charge in [0, 0.05) is 12.1 Å². The summed E-state index contributed by atoms with van der Waals surface area (Å²) in [6, 6.07) is 4.96. The molecule has 4 nitrogen and oxygen atoms in total. The second kappa shape index (κ2) is 6.44. The van der Waals surface area contributed by atoms with E-state index in [4.69, 9.17) is 4.74 Å². The van der Waals surface area contributed by atoms with Gasteiger partial charge in [0.15, 0.2) is 0 Å². The Balaban J connectivity index is 2.05. The molecule has 0 radical (unpaired) electrons. The second-order valence-electron chi connectivity index (χ2n) is 5.93. The van der Waals surface area contributed by atoms with Gasteiger partial charge in [-0.3, -0.25) is 0 Å². The predicted molar refractivity (Wildman–Crippen MR) is 85.3 cm³/mol. The van der Waals surface area contributed by atoms with E-state index >= 15 is 0 Å². The van der Waals surface area contributed by atoms with E-state index in [1.165, 1.54) is 17.4 Å². The molecule has 0 bridgehead atoms. The lowest BCUT2D eigenvalue weighted by molar-refractivity contribution is 0.0523. The third-order valence-corrected chi connectivity index (χ3v) is 3.86. The lowest BCUT2D eigenvalue weighted by Gasteiger charge is -2.19. The summed E-state index contributed by atoms with van der Waals surface area (Å²) in [6.07, 6.45) is -0.561. The van der Waals surface area contributed by atoms with Crippen LogP contribution in [0.3, 0.4) is 0 Å². The molecule has 1 amide bonds. The molecule has 118 valence electrons. The Bertz CT molecular complexity index is 677. The summed E-state index contributed by atoms with van der Waals surface area (Å²) < 4.78 is 19.3. The van der Waals surface area contributed by atoms with Crippen LogP contribution >= 0.6 is 11.3 Å². The maximum absolute atomic E-state index is 14.2. The van der Waals surface area contributed by atoms with Crippen molar-refractivity contribution in [2.75, 3.05) is 0 Å². The fourth-order valence-corrected chi connectivity index (χ4v) is 2.69. The first-order valence-corrected chi connectivity index (χ1v) is 7.80. The minimum Gasteiger partial charge on any atom is -0.444 e. The largest absolute Gasteiger partial charge is 0.444 e. The van der Waals surface area contributed by atoms with E-state index in [0.29, 0.717) is 5.56 Å². The van der Waals surface area contributed by atoms with Gasteiger partial charge < -0.3 is 10.1 Å². The molecule has 0 saturated carbocycles. The van der Waals surface area contributed by atoms with Crippen LogP contribution in [0.15, 0.2) is 23.7 Å². The number of amides is 1. The first kappa shape index (κ1) is 16.4. The molecule has 6 heteroatoms. The zero-order valence-corrected chi connectivity index (χ0v) is 13.9. The van der Waals surface area contributed by atoms with Gasteiger partial charge in [-0.1, -0.05) is 12.1 Å². The Hall–Kier alpha value is -1.95. The van der Waals surface area contributed by atoms with Crippen LogP contribution < -0.4 is 5.32 Å². The highest BCUT2D eigenvalue weighted by molar-refractivity contribution is 7.13. The molecule has 1 N–H and O–H groups in total. The lowest BCUT2D eigenvalue weighted by atomic mass is 10.1. The van der Waals surface area contributed by atoms with Crippen molar-refractivity contribution in [3.05, 3.63) is 40.8 Å². The zero-order chi connectivity index (χ0) is 16.3. The molecule has 2 rings (SSSR count). The number of carbonyl (C=O) groups excluding carboxylic acids is 1. The van der Waals surface area contributed by atoms with Crippen LogP contribution in [0.1, 0.15) is 32.0 Å². The summed E-state index contributed by atoms with van der Waals surface area (Å²) in [4.78, 5) is 16.7. The average Bonchev–Trinajstić information content (AvgIpc) is 2.81. The number of aromatic nitrogens is 1. The van der Waals surface area contributed by atoms with Crippen LogP contribution in [-0.4, -0.2) is 16.7 Å². The number of thiazole rings is 1. The molecule has 1 aromatic carbocycles. The number of ether oxygens (including phenoxy) is 1. The van der Waals surface area contributed by atoms with Crippen LogP contribution in [0.25, 0.3) is 10.4 Å². The molecule has 0 unspecified atom stereocenters. The number of carbonyl (C=O) groups is 1. The highest BCUT2D eigenvalue weighted by Crippen LogP contribution is 2.28. The van der Waals surface area contributed by atoms with E-state index in [2.05, 4.69) is 10.3 Å². The van der Waals surface area contributed by atoms with E-state index in [0.717, 1.165) is 16.1 Å². The number of nitrogens with zero attached hydrogens (tertiary/aromatic N) is 1. The number of hydrogen-bond donors (Lipinski definition) is 1. The van der Waals surface area contributed by atoms with Crippen molar-refractivity contribution in [2.24, 2.45) is 0 Å². The third kappa shape index (κ3) is 4.27. The SMILES string of the molecule is Cc1ncsc1-c1ccc(CNC(=O)OC(C)(C)C)c(F)c1. The van der Waals surface area contributed by atoms with Gasteiger partial charge in [0.25, 0.3) is 0 Å². The van der Waals surface area contributed by atoms with Crippen LogP contribution in [0.2, 0.25) is 0 Å². The normalized spacial score (nSPS) is 11.3. The number of hydrogen-bond acceptors (Lipinski definition) is 4. The van der Waals surface area contributed by atoms with Gasteiger partial charge in [0.2, 0.25) is 0 Å². The number of alkyl carbamates (subject to hydrolysis) is 1. The number of halogens is 1. The van der Waals surface area contributed by atoms with E-state index in [-0.39, 0.29) is 12.4 Å². The maximum atomic E-state index is 14.2. The molecule has 22 heavy (non-hydrogen) atoms. The topological polar surface area (TPSA) is 51.2 Å². The standard InChI is InChI=1S/C16H19FN2O2S/c1-10-14(22-9-19-10)11-5-6-12(13(17)7-11)8-18-15(20)21-16(2,3)4/h5-7,9H,8H2,1-4H3,(H,18,20).